The minimum absolute atomic E-state index is 0.436. The molecule has 5 heteroatoms. The van der Waals surface area contributed by atoms with Crippen LogP contribution < -0.4 is 0 Å². The van der Waals surface area contributed by atoms with E-state index in [1.807, 2.05) is 7.11 Å². The summed E-state index contributed by atoms with van der Waals surface area (Å²) in [7, 11) is 0.317. The zero-order valence-corrected chi connectivity index (χ0v) is 29.0. The summed E-state index contributed by atoms with van der Waals surface area (Å²) in [6, 6.07) is 2.58. The summed E-state index contributed by atoms with van der Waals surface area (Å²) in [5.74, 6) is 0. The average molecular weight is 556 g/mol. The lowest BCUT2D eigenvalue weighted by molar-refractivity contribution is 0.168. The highest BCUT2D eigenvalue weighted by atomic mass is 28.4. The van der Waals surface area contributed by atoms with Crippen LogP contribution in [0.4, 0.5) is 0 Å². The molecule has 0 aromatic heterocycles. The molecular formula is C33H73N3OSi. The highest BCUT2D eigenvalue weighted by Gasteiger charge is 2.39. The quantitative estimate of drug-likeness (QED) is 0.0897. The van der Waals surface area contributed by atoms with Gasteiger partial charge in [0.05, 0.1) is 0 Å². The van der Waals surface area contributed by atoms with Crippen LogP contribution in [0.25, 0.3) is 0 Å². The molecule has 230 valence electrons. The zero-order valence-electron chi connectivity index (χ0n) is 28.0. The highest BCUT2D eigenvalue weighted by molar-refractivity contribution is 6.72. The Labute approximate surface area is 242 Å². The molecule has 0 saturated heterocycles. The first-order valence-electron chi connectivity index (χ1n) is 17.0. The van der Waals surface area contributed by atoms with E-state index in [-0.39, 0.29) is 0 Å². The first-order chi connectivity index (χ1) is 18.3. The maximum Gasteiger partial charge on any atom is 0.189 e. The van der Waals surface area contributed by atoms with Gasteiger partial charge in [-0.15, -0.1) is 0 Å². The van der Waals surface area contributed by atoms with Crippen molar-refractivity contribution < 1.29 is 4.43 Å². The van der Waals surface area contributed by atoms with Crippen molar-refractivity contribution in [2.24, 2.45) is 5.41 Å². The predicted molar refractivity (Wildman–Crippen MR) is 175 cm³/mol. The summed E-state index contributed by atoms with van der Waals surface area (Å²) in [6.45, 7) is 30.3. The smallest absolute Gasteiger partial charge is 0.189 e. The SMILES string of the molecule is CCCN(CCC)CCCC(CCCN(CCC)CCC)(CCCN(CCC)CCC)C[Si](C)(CC)OC. The second-order valence-electron chi connectivity index (χ2n) is 12.5. The fourth-order valence-corrected chi connectivity index (χ4v) is 9.51. The average Bonchev–Trinajstić information content (AvgIpc) is 2.89. The predicted octanol–water partition coefficient (Wildman–Crippen LogP) is 8.92. The number of hydrogen-bond donors (Lipinski definition) is 0. The molecule has 0 amide bonds. The molecule has 0 aliphatic heterocycles. The van der Waals surface area contributed by atoms with Gasteiger partial charge in [-0.25, -0.2) is 0 Å². The fraction of sp³-hybridized carbons (Fsp3) is 1.00. The second-order valence-corrected chi connectivity index (χ2v) is 16.9. The summed E-state index contributed by atoms with van der Waals surface area (Å²) < 4.78 is 6.36. The molecule has 0 aromatic carbocycles. The standard InChI is InChI=1S/C33H73N3OSi/c1-10-23-34(24-11-2)29-17-20-33(32-38(9,16-7)37-8,21-18-30-35(25-12-3)26-13-4)22-19-31-36(27-14-5)28-15-6/h10-32H2,1-9H3. The van der Waals surface area contributed by atoms with Gasteiger partial charge in [-0.05, 0) is 160 Å². The lowest BCUT2D eigenvalue weighted by Gasteiger charge is -2.41. The summed E-state index contributed by atoms with van der Waals surface area (Å²) in [5.41, 5.74) is 0.436. The van der Waals surface area contributed by atoms with Gasteiger partial charge in [0.2, 0.25) is 0 Å². The molecule has 0 saturated carbocycles. The maximum absolute atomic E-state index is 6.36. The van der Waals surface area contributed by atoms with Crippen molar-refractivity contribution in [2.75, 3.05) is 66.0 Å². The van der Waals surface area contributed by atoms with E-state index in [2.05, 4.69) is 69.7 Å². The van der Waals surface area contributed by atoms with Crippen molar-refractivity contribution in [3.05, 3.63) is 0 Å². The van der Waals surface area contributed by atoms with Gasteiger partial charge in [0.15, 0.2) is 8.32 Å². The molecule has 0 fully saturated rings. The van der Waals surface area contributed by atoms with Crippen LogP contribution in [0.15, 0.2) is 0 Å². The zero-order chi connectivity index (χ0) is 28.7. The summed E-state index contributed by atoms with van der Waals surface area (Å²) in [6.07, 6.45) is 15.8. The first-order valence-corrected chi connectivity index (χ1v) is 19.9. The monoisotopic (exact) mass is 556 g/mol. The molecule has 1 unspecified atom stereocenters. The van der Waals surface area contributed by atoms with Crippen LogP contribution in [-0.4, -0.2) is 89.0 Å². The third-order valence-corrected chi connectivity index (χ3v) is 12.8. The molecule has 0 aromatic rings. The summed E-state index contributed by atoms with van der Waals surface area (Å²) in [4.78, 5) is 8.18. The number of nitrogens with zero attached hydrogens (tertiary/aromatic N) is 3. The van der Waals surface area contributed by atoms with Crippen molar-refractivity contribution in [1.82, 2.24) is 14.7 Å². The minimum atomic E-state index is -1.70. The Bertz CT molecular complexity index is 441. The van der Waals surface area contributed by atoms with Crippen LogP contribution in [0.1, 0.15) is 126 Å². The topological polar surface area (TPSA) is 19.0 Å². The van der Waals surface area contributed by atoms with Crippen LogP contribution in [0.5, 0.6) is 0 Å². The van der Waals surface area contributed by atoms with Gasteiger partial charge in [-0.3, -0.25) is 0 Å². The van der Waals surface area contributed by atoms with Gasteiger partial charge in [0.1, 0.15) is 0 Å². The van der Waals surface area contributed by atoms with Crippen LogP contribution in [0.2, 0.25) is 18.6 Å². The van der Waals surface area contributed by atoms with Crippen molar-refractivity contribution in [3.63, 3.8) is 0 Å². The molecule has 1 atom stereocenters. The number of rotatable bonds is 28. The number of hydrogen-bond acceptors (Lipinski definition) is 4. The van der Waals surface area contributed by atoms with Crippen LogP contribution in [0, 0.1) is 5.41 Å². The Morgan fingerprint density at radius 3 is 1.00 bits per heavy atom. The maximum atomic E-state index is 6.36. The van der Waals surface area contributed by atoms with E-state index in [4.69, 9.17) is 4.43 Å². The molecular weight excluding hydrogens is 482 g/mol. The highest BCUT2D eigenvalue weighted by Crippen LogP contribution is 2.44. The Hall–Kier alpha value is 0.0569. The van der Waals surface area contributed by atoms with E-state index < -0.39 is 8.32 Å². The summed E-state index contributed by atoms with van der Waals surface area (Å²) in [5, 5.41) is 0. The molecule has 4 nitrogen and oxygen atoms in total. The van der Waals surface area contributed by atoms with E-state index in [9.17, 15) is 0 Å². The normalized spacial score (nSPS) is 14.2. The van der Waals surface area contributed by atoms with Gasteiger partial charge in [-0.1, -0.05) is 48.5 Å². The van der Waals surface area contributed by atoms with Crippen molar-refractivity contribution in [3.8, 4) is 0 Å². The van der Waals surface area contributed by atoms with E-state index in [1.54, 1.807) is 0 Å². The lowest BCUT2D eigenvalue weighted by Crippen LogP contribution is -2.41. The molecule has 0 rings (SSSR count). The second kappa shape index (κ2) is 23.7. The molecule has 0 radical (unpaired) electrons. The lowest BCUT2D eigenvalue weighted by atomic mass is 9.76. The van der Waals surface area contributed by atoms with Crippen LogP contribution >= 0.6 is 0 Å². The van der Waals surface area contributed by atoms with Gasteiger partial charge in [0.25, 0.3) is 0 Å². The molecule has 0 aliphatic carbocycles. The van der Waals surface area contributed by atoms with E-state index in [1.165, 1.54) is 148 Å². The fourth-order valence-electron chi connectivity index (χ4n) is 6.71. The van der Waals surface area contributed by atoms with Gasteiger partial charge in [0, 0.05) is 7.11 Å². The Morgan fingerprint density at radius 2 is 0.789 bits per heavy atom. The van der Waals surface area contributed by atoms with Crippen molar-refractivity contribution in [2.45, 2.75) is 144 Å². The molecule has 0 N–H and O–H groups in total. The summed E-state index contributed by atoms with van der Waals surface area (Å²) >= 11 is 0. The Balaban J connectivity index is 5.78. The minimum Gasteiger partial charge on any atom is -0.420 e. The third-order valence-electron chi connectivity index (χ3n) is 8.77. The van der Waals surface area contributed by atoms with Gasteiger partial charge < -0.3 is 19.1 Å². The van der Waals surface area contributed by atoms with E-state index >= 15 is 0 Å². The van der Waals surface area contributed by atoms with Crippen molar-refractivity contribution >= 4 is 8.32 Å². The molecule has 0 spiro atoms. The van der Waals surface area contributed by atoms with Crippen LogP contribution in [-0.2, 0) is 4.43 Å². The van der Waals surface area contributed by atoms with Crippen molar-refractivity contribution in [1.29, 1.82) is 0 Å². The Kier molecular flexibility index (Phi) is 23.8. The first kappa shape index (κ1) is 38.1. The van der Waals surface area contributed by atoms with Gasteiger partial charge >= 0.3 is 0 Å². The van der Waals surface area contributed by atoms with Gasteiger partial charge in [-0.2, -0.15) is 0 Å². The third kappa shape index (κ3) is 17.0. The van der Waals surface area contributed by atoms with E-state index in [0.29, 0.717) is 5.41 Å². The molecule has 0 aliphatic rings. The molecule has 0 heterocycles. The molecule has 38 heavy (non-hydrogen) atoms. The van der Waals surface area contributed by atoms with Crippen LogP contribution in [0.3, 0.4) is 0 Å². The molecule has 0 bridgehead atoms. The van der Waals surface area contributed by atoms with E-state index in [0.717, 1.165) is 0 Å². The largest absolute Gasteiger partial charge is 0.420 e. The Morgan fingerprint density at radius 1 is 0.500 bits per heavy atom.